The van der Waals surface area contributed by atoms with E-state index in [2.05, 4.69) is 27.3 Å². The van der Waals surface area contributed by atoms with E-state index in [1.54, 1.807) is 6.07 Å². The van der Waals surface area contributed by atoms with Crippen LogP contribution in [0.2, 0.25) is 0 Å². The highest BCUT2D eigenvalue weighted by atomic mass is 16.6. The maximum atomic E-state index is 13.0. The molecule has 3 aromatic rings. The molecule has 2 aromatic carbocycles. The number of ketones is 1. The third-order valence-electron chi connectivity index (χ3n) is 7.02. The summed E-state index contributed by atoms with van der Waals surface area (Å²) < 4.78 is 11.2. The molecule has 1 saturated heterocycles. The highest BCUT2D eigenvalue weighted by Crippen LogP contribution is 2.32. The summed E-state index contributed by atoms with van der Waals surface area (Å²) in [6.07, 6.45) is 4.30. The van der Waals surface area contributed by atoms with Crippen molar-refractivity contribution < 1.29 is 19.1 Å². The van der Waals surface area contributed by atoms with Gasteiger partial charge in [0.15, 0.2) is 17.3 Å². The van der Waals surface area contributed by atoms with Gasteiger partial charge in [-0.1, -0.05) is 18.2 Å². The van der Waals surface area contributed by atoms with E-state index in [0.717, 1.165) is 37.9 Å². The summed E-state index contributed by atoms with van der Waals surface area (Å²) in [6.45, 7) is 5.06. The Morgan fingerprint density at radius 1 is 1.09 bits per heavy atom. The molecule has 34 heavy (non-hydrogen) atoms. The first-order valence-electron chi connectivity index (χ1n) is 12.1. The van der Waals surface area contributed by atoms with Crippen LogP contribution < -0.4 is 14.8 Å². The molecule has 0 saturated carbocycles. The van der Waals surface area contributed by atoms with Crippen molar-refractivity contribution >= 4 is 22.6 Å². The first kappa shape index (κ1) is 22.5. The van der Waals surface area contributed by atoms with Gasteiger partial charge < -0.3 is 19.8 Å². The number of Topliss-reactive ketones (excluding diaryl/α,β-unsaturated/α-hetero) is 1. The van der Waals surface area contributed by atoms with Crippen LogP contribution in [-0.2, 0) is 11.2 Å². The third-order valence-corrected chi connectivity index (χ3v) is 7.02. The van der Waals surface area contributed by atoms with Crippen molar-refractivity contribution in [2.75, 3.05) is 32.8 Å². The number of rotatable bonds is 7. The van der Waals surface area contributed by atoms with Gasteiger partial charge in [0, 0.05) is 35.1 Å². The van der Waals surface area contributed by atoms with E-state index in [1.165, 1.54) is 10.9 Å². The van der Waals surface area contributed by atoms with Gasteiger partial charge in [0.25, 0.3) is 0 Å². The Hall–Kier alpha value is -3.32. The van der Waals surface area contributed by atoms with E-state index in [1.807, 2.05) is 37.4 Å². The van der Waals surface area contributed by atoms with Crippen LogP contribution in [0.25, 0.3) is 10.9 Å². The number of hydrogen-bond donors (Lipinski definition) is 2. The van der Waals surface area contributed by atoms with Crippen molar-refractivity contribution in [3.63, 3.8) is 0 Å². The molecule has 1 unspecified atom stereocenters. The first-order chi connectivity index (χ1) is 16.6. The molecule has 0 aliphatic carbocycles. The summed E-state index contributed by atoms with van der Waals surface area (Å²) in [5.41, 5.74) is 3.00. The van der Waals surface area contributed by atoms with Gasteiger partial charge in [-0.15, -0.1) is 0 Å². The summed E-state index contributed by atoms with van der Waals surface area (Å²) in [5, 5.41) is 4.29. The molecule has 0 radical (unpaired) electrons. The van der Waals surface area contributed by atoms with Gasteiger partial charge in [-0.3, -0.25) is 14.5 Å². The molecule has 1 fully saturated rings. The average Bonchev–Trinajstić information content (AvgIpc) is 3.30. The largest absolute Gasteiger partial charge is 0.486 e. The SMILES string of the molecule is CC(C(=O)NCCc1c[nH]c2ccccc12)N1CCC(C(=O)c2ccc3c(c2)OCCO3)CC1. The van der Waals surface area contributed by atoms with Gasteiger partial charge in [0.1, 0.15) is 13.2 Å². The minimum atomic E-state index is -0.215. The number of carbonyl (C=O) groups excluding carboxylic acids is 2. The molecular formula is C27H31N3O4. The summed E-state index contributed by atoms with van der Waals surface area (Å²) in [4.78, 5) is 31.3. The highest BCUT2D eigenvalue weighted by molar-refractivity contribution is 5.98. The zero-order chi connectivity index (χ0) is 23.5. The van der Waals surface area contributed by atoms with E-state index in [-0.39, 0.29) is 23.7 Å². The van der Waals surface area contributed by atoms with E-state index in [0.29, 0.717) is 36.8 Å². The zero-order valence-corrected chi connectivity index (χ0v) is 19.5. The number of likely N-dealkylation sites (tertiary alicyclic amines) is 1. The lowest BCUT2D eigenvalue weighted by Crippen LogP contribution is -2.49. The lowest BCUT2D eigenvalue weighted by molar-refractivity contribution is -0.126. The Bertz CT molecular complexity index is 1180. The molecule has 1 atom stereocenters. The average molecular weight is 462 g/mol. The second-order valence-corrected chi connectivity index (χ2v) is 9.11. The van der Waals surface area contributed by atoms with Gasteiger partial charge in [-0.25, -0.2) is 0 Å². The molecule has 0 bridgehead atoms. The number of aromatic amines is 1. The van der Waals surface area contributed by atoms with Crippen molar-refractivity contribution in [2.24, 2.45) is 5.92 Å². The van der Waals surface area contributed by atoms with Crippen LogP contribution in [0, 0.1) is 5.92 Å². The van der Waals surface area contributed by atoms with Crippen molar-refractivity contribution in [3.8, 4) is 11.5 Å². The topological polar surface area (TPSA) is 83.7 Å². The lowest BCUT2D eigenvalue weighted by Gasteiger charge is -2.34. The number of nitrogens with zero attached hydrogens (tertiary/aromatic N) is 1. The number of piperidine rings is 1. The number of aromatic nitrogens is 1. The molecule has 2 N–H and O–H groups in total. The minimum Gasteiger partial charge on any atom is -0.486 e. The van der Waals surface area contributed by atoms with Gasteiger partial charge in [0.2, 0.25) is 5.91 Å². The summed E-state index contributed by atoms with van der Waals surface area (Å²) in [6, 6.07) is 13.4. The van der Waals surface area contributed by atoms with Crippen LogP contribution >= 0.6 is 0 Å². The van der Waals surface area contributed by atoms with E-state index in [4.69, 9.17) is 9.47 Å². The van der Waals surface area contributed by atoms with Crippen LogP contribution in [0.3, 0.4) is 0 Å². The predicted molar refractivity (Wildman–Crippen MR) is 131 cm³/mol. The number of hydrogen-bond acceptors (Lipinski definition) is 5. The predicted octanol–water partition coefficient (Wildman–Crippen LogP) is 3.58. The second kappa shape index (κ2) is 9.89. The smallest absolute Gasteiger partial charge is 0.237 e. The molecule has 2 aliphatic heterocycles. The molecule has 1 amide bonds. The number of ether oxygens (including phenoxy) is 2. The normalized spacial score (nSPS) is 17.4. The Morgan fingerprint density at radius 2 is 1.85 bits per heavy atom. The number of fused-ring (bicyclic) bond motifs is 2. The Balaban J connectivity index is 1.10. The lowest BCUT2D eigenvalue weighted by atomic mass is 9.88. The fraction of sp³-hybridized carbons (Fsp3) is 0.407. The monoisotopic (exact) mass is 461 g/mol. The summed E-state index contributed by atoms with van der Waals surface area (Å²) >= 11 is 0. The Morgan fingerprint density at radius 3 is 2.68 bits per heavy atom. The molecule has 3 heterocycles. The fourth-order valence-electron chi connectivity index (χ4n) is 4.95. The molecule has 1 aromatic heterocycles. The number of nitrogens with one attached hydrogen (secondary N) is 2. The van der Waals surface area contributed by atoms with Crippen LogP contribution in [0.4, 0.5) is 0 Å². The molecule has 2 aliphatic rings. The quantitative estimate of drug-likeness (QED) is 0.526. The van der Waals surface area contributed by atoms with E-state index >= 15 is 0 Å². The minimum absolute atomic E-state index is 0.0315. The van der Waals surface area contributed by atoms with Crippen molar-refractivity contribution in [1.29, 1.82) is 0 Å². The number of amides is 1. The molecule has 7 heteroatoms. The maximum absolute atomic E-state index is 13.0. The molecule has 5 rings (SSSR count). The zero-order valence-electron chi connectivity index (χ0n) is 19.5. The molecule has 0 spiro atoms. The van der Waals surface area contributed by atoms with E-state index < -0.39 is 0 Å². The maximum Gasteiger partial charge on any atom is 0.237 e. The summed E-state index contributed by atoms with van der Waals surface area (Å²) in [7, 11) is 0. The highest BCUT2D eigenvalue weighted by Gasteiger charge is 2.30. The van der Waals surface area contributed by atoms with Gasteiger partial charge in [-0.2, -0.15) is 0 Å². The van der Waals surface area contributed by atoms with Crippen LogP contribution in [0.15, 0.2) is 48.7 Å². The Kier molecular flexibility index (Phi) is 6.54. The molecular weight excluding hydrogens is 430 g/mol. The van der Waals surface area contributed by atoms with Gasteiger partial charge in [0.05, 0.1) is 6.04 Å². The van der Waals surface area contributed by atoms with E-state index in [9.17, 15) is 9.59 Å². The van der Waals surface area contributed by atoms with Crippen molar-refractivity contribution in [2.45, 2.75) is 32.2 Å². The van der Waals surface area contributed by atoms with Crippen LogP contribution in [0.5, 0.6) is 11.5 Å². The number of benzene rings is 2. The van der Waals surface area contributed by atoms with Crippen LogP contribution in [0.1, 0.15) is 35.7 Å². The van der Waals surface area contributed by atoms with Gasteiger partial charge >= 0.3 is 0 Å². The number of H-pyrrole nitrogens is 1. The molecule has 178 valence electrons. The van der Waals surface area contributed by atoms with Crippen molar-refractivity contribution in [1.82, 2.24) is 15.2 Å². The number of carbonyl (C=O) groups is 2. The molecule has 7 nitrogen and oxygen atoms in total. The Labute approximate surface area is 199 Å². The fourth-order valence-corrected chi connectivity index (χ4v) is 4.95. The van der Waals surface area contributed by atoms with Gasteiger partial charge in [-0.05, 0) is 69.1 Å². The standard InChI is InChI=1S/C27H31N3O4/c1-18(27(32)28-11-8-21-17-29-23-5-3-2-4-22(21)23)30-12-9-19(10-13-30)26(31)20-6-7-24-25(16-20)34-15-14-33-24/h2-7,16-19,29H,8-15H2,1H3,(H,28,32). The summed E-state index contributed by atoms with van der Waals surface area (Å²) in [5.74, 6) is 1.49. The van der Waals surface area contributed by atoms with Crippen molar-refractivity contribution in [3.05, 3.63) is 59.8 Å². The van der Waals surface area contributed by atoms with Crippen LogP contribution in [-0.4, -0.2) is 60.5 Å². The first-order valence-corrected chi connectivity index (χ1v) is 12.1. The third kappa shape index (κ3) is 4.66. The second-order valence-electron chi connectivity index (χ2n) is 9.11. The number of para-hydroxylation sites is 1.